The van der Waals surface area contributed by atoms with Crippen molar-refractivity contribution in [2.75, 3.05) is 19.6 Å². The van der Waals surface area contributed by atoms with Crippen molar-refractivity contribution >= 4 is 22.9 Å². The highest BCUT2D eigenvalue weighted by molar-refractivity contribution is 6.00. The molecule has 1 unspecified atom stereocenters. The van der Waals surface area contributed by atoms with E-state index >= 15 is 0 Å². The largest absolute Gasteiger partial charge is 0.420 e. The number of hydrogen-bond acceptors (Lipinski definition) is 6. The topological polar surface area (TPSA) is 111 Å². The van der Waals surface area contributed by atoms with Gasteiger partial charge in [0.15, 0.2) is 5.58 Å². The molecule has 5 rings (SSSR count). The maximum atomic E-state index is 12.5. The number of nitrogens with zero attached hydrogens (tertiary/aromatic N) is 2. The van der Waals surface area contributed by atoms with Crippen molar-refractivity contribution in [3.05, 3.63) is 34.3 Å². The lowest BCUT2D eigenvalue weighted by atomic mass is 9.83. The molecule has 3 aliphatic rings. The first-order valence-corrected chi connectivity index (χ1v) is 12.0. The Morgan fingerprint density at radius 3 is 2.44 bits per heavy atom. The molecule has 2 aliphatic heterocycles. The average molecular weight is 441 g/mol. The Balaban J connectivity index is 1.28. The molecule has 32 heavy (non-hydrogen) atoms. The Kier molecular flexibility index (Phi) is 5.90. The van der Waals surface area contributed by atoms with E-state index in [1.165, 1.54) is 35.8 Å². The van der Waals surface area contributed by atoms with Crippen LogP contribution in [0.1, 0.15) is 68.9 Å². The van der Waals surface area contributed by atoms with Gasteiger partial charge in [0.1, 0.15) is 6.04 Å². The molecular formula is C24H32N4O4. The lowest BCUT2D eigenvalue weighted by molar-refractivity contribution is -0.135. The van der Waals surface area contributed by atoms with Gasteiger partial charge in [-0.05, 0) is 94.1 Å². The van der Waals surface area contributed by atoms with Gasteiger partial charge in [0, 0.05) is 12.5 Å². The number of nitrogens with two attached hydrogens (primary N) is 1. The van der Waals surface area contributed by atoms with Crippen LogP contribution in [0.2, 0.25) is 0 Å². The van der Waals surface area contributed by atoms with Gasteiger partial charge in [-0.2, -0.15) is 0 Å². The summed E-state index contributed by atoms with van der Waals surface area (Å²) < 4.78 is 6.91. The van der Waals surface area contributed by atoms with Gasteiger partial charge in [-0.3, -0.25) is 19.5 Å². The zero-order valence-electron chi connectivity index (χ0n) is 18.4. The van der Waals surface area contributed by atoms with E-state index in [0.717, 1.165) is 32.5 Å². The lowest BCUT2D eigenvalue weighted by Gasteiger charge is -2.40. The number of piperidine rings is 2. The third-order valence-electron chi connectivity index (χ3n) is 7.83. The number of oxazole rings is 1. The van der Waals surface area contributed by atoms with E-state index in [2.05, 4.69) is 16.3 Å². The number of amides is 2. The molecule has 0 spiro atoms. The fraction of sp³-hybridized carbons (Fsp3) is 0.625. The van der Waals surface area contributed by atoms with Crippen molar-refractivity contribution in [2.24, 2.45) is 11.7 Å². The zero-order valence-corrected chi connectivity index (χ0v) is 18.4. The number of aromatic nitrogens is 1. The first-order valence-electron chi connectivity index (χ1n) is 12.0. The number of imide groups is 1. The molecule has 8 nitrogen and oxygen atoms in total. The molecule has 1 saturated carbocycles. The first-order chi connectivity index (χ1) is 15.5. The molecule has 1 aromatic heterocycles. The van der Waals surface area contributed by atoms with Crippen LogP contribution in [0.15, 0.2) is 27.4 Å². The van der Waals surface area contributed by atoms with Gasteiger partial charge in [0.25, 0.3) is 0 Å². The highest BCUT2D eigenvalue weighted by Crippen LogP contribution is 2.34. The second-order valence-electron chi connectivity index (χ2n) is 9.65. The molecule has 3 fully saturated rings. The summed E-state index contributed by atoms with van der Waals surface area (Å²) in [5.41, 5.74) is 8.15. The maximum absolute atomic E-state index is 12.5. The Hall–Kier alpha value is -2.45. The third-order valence-corrected chi connectivity index (χ3v) is 7.83. The lowest BCUT2D eigenvalue weighted by Crippen LogP contribution is -2.43. The van der Waals surface area contributed by atoms with E-state index < -0.39 is 17.7 Å². The molecular weight excluding hydrogens is 408 g/mol. The molecule has 0 bridgehead atoms. The molecule has 0 radical (unpaired) electrons. The predicted octanol–water partition coefficient (Wildman–Crippen LogP) is 2.27. The molecule has 2 aromatic rings. The average Bonchev–Trinajstić information content (AvgIpc) is 3.14. The summed E-state index contributed by atoms with van der Waals surface area (Å²) >= 11 is 0. The number of rotatable bonds is 4. The van der Waals surface area contributed by atoms with Gasteiger partial charge in [0.2, 0.25) is 11.8 Å². The SMILES string of the molecule is NC[C@H]1CC[C@H](N2CCC(c3ccc4c(c3)oc(=O)n4C3CCC(=O)NC3=O)CC2)CC1. The Morgan fingerprint density at radius 1 is 1.00 bits per heavy atom. The van der Waals surface area contributed by atoms with Crippen LogP contribution in [0, 0.1) is 5.92 Å². The van der Waals surface area contributed by atoms with Gasteiger partial charge in [-0.1, -0.05) is 6.07 Å². The van der Waals surface area contributed by atoms with Crippen LogP contribution in [0.25, 0.3) is 11.1 Å². The minimum absolute atomic E-state index is 0.222. The number of carbonyl (C=O) groups is 2. The summed E-state index contributed by atoms with van der Waals surface area (Å²) in [6.07, 6.45) is 7.75. The van der Waals surface area contributed by atoms with E-state index in [1.807, 2.05) is 12.1 Å². The smallest absolute Gasteiger partial charge is 0.408 e. The summed E-state index contributed by atoms with van der Waals surface area (Å²) in [5, 5.41) is 2.32. The van der Waals surface area contributed by atoms with Gasteiger partial charge < -0.3 is 15.1 Å². The second-order valence-corrected chi connectivity index (χ2v) is 9.65. The summed E-state index contributed by atoms with van der Waals surface area (Å²) in [4.78, 5) is 38.9. The minimum atomic E-state index is -0.704. The Bertz CT molecular complexity index is 1060. The van der Waals surface area contributed by atoms with Crippen LogP contribution in [0.5, 0.6) is 0 Å². The fourth-order valence-corrected chi connectivity index (χ4v) is 5.87. The first kappa shape index (κ1) is 21.4. The molecule has 8 heteroatoms. The molecule has 3 N–H and O–H groups in total. The Morgan fingerprint density at radius 2 is 1.75 bits per heavy atom. The molecule has 172 valence electrons. The number of likely N-dealkylation sites (tertiary alicyclic amines) is 1. The second kappa shape index (κ2) is 8.83. The molecule has 1 aliphatic carbocycles. The highest BCUT2D eigenvalue weighted by Gasteiger charge is 2.32. The summed E-state index contributed by atoms with van der Waals surface area (Å²) in [6, 6.07) is 5.91. The van der Waals surface area contributed by atoms with Crippen LogP contribution < -0.4 is 16.8 Å². The number of hydrogen-bond donors (Lipinski definition) is 2. The quantitative estimate of drug-likeness (QED) is 0.706. The van der Waals surface area contributed by atoms with Crippen molar-refractivity contribution < 1.29 is 14.0 Å². The third kappa shape index (κ3) is 4.01. The van der Waals surface area contributed by atoms with Crippen LogP contribution in [0.4, 0.5) is 0 Å². The number of benzene rings is 1. The molecule has 2 amide bonds. The van der Waals surface area contributed by atoms with Gasteiger partial charge in [-0.15, -0.1) is 0 Å². The standard InChI is InChI=1S/C24H32N4O4/c25-14-15-1-4-18(5-2-15)27-11-9-16(10-12-27)17-3-6-19-21(13-17)32-24(31)28(19)20-7-8-22(29)26-23(20)30/h3,6,13,15-16,18,20H,1-2,4-5,7-12,14,25H2,(H,26,29,30)/t15-,18-,20?. The van der Waals surface area contributed by atoms with E-state index in [1.54, 1.807) is 0 Å². The normalized spacial score (nSPS) is 28.2. The van der Waals surface area contributed by atoms with Gasteiger partial charge in [-0.25, -0.2) is 4.79 Å². The maximum Gasteiger partial charge on any atom is 0.420 e. The Labute approximate surface area is 187 Å². The van der Waals surface area contributed by atoms with Crippen molar-refractivity contribution in [1.29, 1.82) is 0 Å². The predicted molar refractivity (Wildman–Crippen MR) is 120 cm³/mol. The van der Waals surface area contributed by atoms with Crippen LogP contribution in [-0.2, 0) is 9.59 Å². The van der Waals surface area contributed by atoms with Gasteiger partial charge >= 0.3 is 5.76 Å². The molecule has 1 aromatic carbocycles. The minimum Gasteiger partial charge on any atom is -0.408 e. The van der Waals surface area contributed by atoms with E-state index in [9.17, 15) is 14.4 Å². The van der Waals surface area contributed by atoms with E-state index in [-0.39, 0.29) is 12.3 Å². The van der Waals surface area contributed by atoms with Crippen LogP contribution in [0.3, 0.4) is 0 Å². The molecule has 2 saturated heterocycles. The molecule has 1 atom stereocenters. The van der Waals surface area contributed by atoms with Crippen molar-refractivity contribution in [3.8, 4) is 0 Å². The monoisotopic (exact) mass is 440 g/mol. The van der Waals surface area contributed by atoms with Crippen molar-refractivity contribution in [2.45, 2.75) is 69.4 Å². The highest BCUT2D eigenvalue weighted by atomic mass is 16.4. The van der Waals surface area contributed by atoms with E-state index in [0.29, 0.717) is 35.4 Å². The summed E-state index contributed by atoms with van der Waals surface area (Å²) in [7, 11) is 0. The van der Waals surface area contributed by atoms with Gasteiger partial charge in [0.05, 0.1) is 5.52 Å². The molecule has 3 heterocycles. The number of nitrogens with one attached hydrogen (secondary N) is 1. The van der Waals surface area contributed by atoms with E-state index in [4.69, 9.17) is 10.2 Å². The number of carbonyl (C=O) groups excluding carboxylic acids is 2. The summed E-state index contributed by atoms with van der Waals surface area (Å²) in [5.74, 6) is -0.136. The summed E-state index contributed by atoms with van der Waals surface area (Å²) in [6.45, 7) is 3.02. The number of fused-ring (bicyclic) bond motifs is 1. The van der Waals surface area contributed by atoms with Crippen LogP contribution in [-0.4, -0.2) is 47.0 Å². The fourth-order valence-electron chi connectivity index (χ4n) is 5.87. The van der Waals surface area contributed by atoms with Crippen molar-refractivity contribution in [1.82, 2.24) is 14.8 Å². The van der Waals surface area contributed by atoms with Crippen LogP contribution >= 0.6 is 0 Å². The van der Waals surface area contributed by atoms with Crippen molar-refractivity contribution in [3.63, 3.8) is 0 Å². The zero-order chi connectivity index (χ0) is 22.2.